The van der Waals surface area contributed by atoms with Crippen molar-refractivity contribution in [1.82, 2.24) is 5.32 Å². The summed E-state index contributed by atoms with van der Waals surface area (Å²) in [5, 5.41) is 13.2. The summed E-state index contributed by atoms with van der Waals surface area (Å²) >= 11 is 0. The Morgan fingerprint density at radius 1 is 1.13 bits per heavy atom. The number of alkyl carbamates (subject to hydrolysis) is 1. The van der Waals surface area contributed by atoms with Crippen LogP contribution < -0.4 is 5.32 Å². The molecule has 0 aliphatic rings. The molecule has 0 aliphatic heterocycles. The number of aryl methyl sites for hydroxylation is 1. The normalized spacial score (nSPS) is 13.2. The molecule has 4 heteroatoms. The molecule has 2 aromatic carbocycles. The second-order valence-corrected chi connectivity index (χ2v) is 5.49. The number of amides is 1. The molecular weight excluding hydrogens is 290 g/mol. The van der Waals surface area contributed by atoms with Gasteiger partial charge in [-0.3, -0.25) is 0 Å². The number of nitrogens with one attached hydrogen (secondary N) is 1. The molecule has 2 N–H and O–H groups in total. The van der Waals surface area contributed by atoms with Crippen LogP contribution in [0.25, 0.3) is 0 Å². The molecule has 0 bridgehead atoms. The van der Waals surface area contributed by atoms with Crippen LogP contribution in [-0.4, -0.2) is 17.3 Å². The van der Waals surface area contributed by atoms with Crippen LogP contribution in [0.4, 0.5) is 4.79 Å². The minimum absolute atomic E-state index is 0.399. The van der Waals surface area contributed by atoms with Gasteiger partial charge in [-0.2, -0.15) is 0 Å². The zero-order valence-corrected chi connectivity index (χ0v) is 13.5. The fraction of sp³-hybridized carbons (Fsp3) is 0.316. The number of rotatable bonds is 6. The molecule has 2 rings (SSSR count). The van der Waals surface area contributed by atoms with E-state index < -0.39 is 18.3 Å². The van der Waals surface area contributed by atoms with E-state index >= 15 is 0 Å². The summed E-state index contributed by atoms with van der Waals surface area (Å²) in [5.41, 5.74) is 2.76. The molecule has 1 amide bonds. The van der Waals surface area contributed by atoms with Gasteiger partial charge >= 0.3 is 6.09 Å². The summed E-state index contributed by atoms with van der Waals surface area (Å²) < 4.78 is 5.39. The summed E-state index contributed by atoms with van der Waals surface area (Å²) in [6, 6.07) is 17.2. The van der Waals surface area contributed by atoms with E-state index in [0.717, 1.165) is 16.7 Å². The van der Waals surface area contributed by atoms with Gasteiger partial charge < -0.3 is 15.2 Å². The Hall–Kier alpha value is -2.33. The van der Waals surface area contributed by atoms with E-state index in [9.17, 15) is 9.90 Å². The van der Waals surface area contributed by atoms with E-state index in [1.54, 1.807) is 0 Å². The van der Waals surface area contributed by atoms with Crippen LogP contribution in [0.2, 0.25) is 0 Å². The molecule has 122 valence electrons. The number of aliphatic hydroxyl groups excluding tert-OH is 1. The first-order valence-electron chi connectivity index (χ1n) is 7.83. The van der Waals surface area contributed by atoms with Gasteiger partial charge in [0.25, 0.3) is 0 Å². The average molecular weight is 313 g/mol. The maximum Gasteiger partial charge on any atom is 0.407 e. The molecular formula is C19H23NO3. The molecule has 0 aliphatic carbocycles. The van der Waals surface area contributed by atoms with Crippen molar-refractivity contribution in [3.8, 4) is 0 Å². The summed E-state index contributed by atoms with van der Waals surface area (Å²) in [7, 11) is 0. The van der Waals surface area contributed by atoms with Crippen molar-refractivity contribution in [2.75, 3.05) is 0 Å². The molecule has 2 atom stereocenters. The summed E-state index contributed by atoms with van der Waals surface area (Å²) in [6.45, 7) is 4.22. The van der Waals surface area contributed by atoms with Crippen LogP contribution in [0, 0.1) is 6.92 Å². The minimum Gasteiger partial charge on any atom is -0.443 e. The van der Waals surface area contributed by atoms with Crippen LogP contribution in [0.5, 0.6) is 0 Å². The van der Waals surface area contributed by atoms with E-state index in [4.69, 9.17) is 4.74 Å². The summed E-state index contributed by atoms with van der Waals surface area (Å²) in [5.74, 6) is 0. The van der Waals surface area contributed by atoms with E-state index in [1.165, 1.54) is 0 Å². The predicted octanol–water partition coefficient (Wildman–Crippen LogP) is 3.73. The van der Waals surface area contributed by atoms with Crippen molar-refractivity contribution in [3.05, 3.63) is 71.3 Å². The number of benzene rings is 2. The van der Waals surface area contributed by atoms with Crippen LogP contribution in [0.15, 0.2) is 54.6 Å². The van der Waals surface area contributed by atoms with Gasteiger partial charge in [0.15, 0.2) is 0 Å². The average Bonchev–Trinajstić information content (AvgIpc) is 2.58. The summed E-state index contributed by atoms with van der Waals surface area (Å²) in [6.07, 6.45) is -1.39. The largest absolute Gasteiger partial charge is 0.443 e. The molecule has 0 saturated carbocycles. The van der Waals surface area contributed by atoms with Crippen LogP contribution in [-0.2, 0) is 11.3 Å². The zero-order chi connectivity index (χ0) is 16.7. The van der Waals surface area contributed by atoms with E-state index in [-0.39, 0.29) is 0 Å². The second kappa shape index (κ2) is 8.34. The Balaban J connectivity index is 1.93. The molecule has 0 aromatic heterocycles. The Morgan fingerprint density at radius 3 is 2.43 bits per heavy atom. The van der Waals surface area contributed by atoms with Gasteiger partial charge in [0, 0.05) is 6.54 Å². The Morgan fingerprint density at radius 2 is 1.78 bits per heavy atom. The fourth-order valence-corrected chi connectivity index (χ4v) is 2.44. The fourth-order valence-electron chi connectivity index (χ4n) is 2.44. The lowest BCUT2D eigenvalue weighted by atomic mass is 9.98. The first-order valence-corrected chi connectivity index (χ1v) is 7.83. The maximum absolute atomic E-state index is 12.0. The van der Waals surface area contributed by atoms with Crippen molar-refractivity contribution >= 4 is 6.09 Å². The number of hydrogen-bond donors (Lipinski definition) is 2. The highest BCUT2D eigenvalue weighted by Gasteiger charge is 2.24. The standard InChI is InChI=1S/C19H23NO3/c1-3-17(18(21)16-12-8-7-9-14(16)2)23-19(22)20-13-15-10-5-4-6-11-15/h4-12,17-18,21H,3,13H2,1-2H3,(H,20,22). The van der Waals surface area contributed by atoms with E-state index in [0.29, 0.717) is 13.0 Å². The quantitative estimate of drug-likeness (QED) is 0.854. The monoisotopic (exact) mass is 313 g/mol. The van der Waals surface area contributed by atoms with Crippen LogP contribution >= 0.6 is 0 Å². The molecule has 0 saturated heterocycles. The highest BCUT2D eigenvalue weighted by molar-refractivity contribution is 5.67. The lowest BCUT2D eigenvalue weighted by Crippen LogP contribution is -2.32. The first kappa shape index (κ1) is 17.0. The molecule has 4 nitrogen and oxygen atoms in total. The Bertz CT molecular complexity index is 628. The third-order valence-electron chi connectivity index (χ3n) is 3.80. The van der Waals surface area contributed by atoms with Crippen molar-refractivity contribution < 1.29 is 14.6 Å². The van der Waals surface area contributed by atoms with Gasteiger partial charge in [-0.25, -0.2) is 4.79 Å². The minimum atomic E-state index is -0.830. The van der Waals surface area contributed by atoms with Gasteiger partial charge in [-0.15, -0.1) is 0 Å². The Kier molecular flexibility index (Phi) is 6.18. The van der Waals surface area contributed by atoms with Crippen molar-refractivity contribution in [2.45, 2.75) is 39.0 Å². The number of hydrogen-bond acceptors (Lipinski definition) is 3. The molecule has 0 spiro atoms. The van der Waals surface area contributed by atoms with Crippen molar-refractivity contribution in [1.29, 1.82) is 0 Å². The second-order valence-electron chi connectivity index (χ2n) is 5.49. The van der Waals surface area contributed by atoms with Gasteiger partial charge in [0.05, 0.1) is 0 Å². The van der Waals surface area contributed by atoms with E-state index in [2.05, 4.69) is 5.32 Å². The smallest absolute Gasteiger partial charge is 0.407 e. The number of carbonyl (C=O) groups excluding carboxylic acids is 1. The third-order valence-corrected chi connectivity index (χ3v) is 3.80. The van der Waals surface area contributed by atoms with Gasteiger partial charge in [0.1, 0.15) is 12.2 Å². The SMILES string of the molecule is CCC(OC(=O)NCc1ccccc1)C(O)c1ccccc1C. The highest BCUT2D eigenvalue weighted by atomic mass is 16.6. The van der Waals surface area contributed by atoms with Gasteiger partial charge in [-0.1, -0.05) is 61.5 Å². The lowest BCUT2D eigenvalue weighted by Gasteiger charge is -2.23. The third kappa shape index (κ3) is 4.83. The van der Waals surface area contributed by atoms with Crippen LogP contribution in [0.3, 0.4) is 0 Å². The van der Waals surface area contributed by atoms with Crippen molar-refractivity contribution in [3.63, 3.8) is 0 Å². The first-order chi connectivity index (χ1) is 11.1. The van der Waals surface area contributed by atoms with Crippen molar-refractivity contribution in [2.24, 2.45) is 0 Å². The number of aliphatic hydroxyl groups is 1. The molecule has 0 fully saturated rings. The molecule has 23 heavy (non-hydrogen) atoms. The van der Waals surface area contributed by atoms with Crippen LogP contribution in [0.1, 0.15) is 36.1 Å². The molecule has 2 unspecified atom stereocenters. The molecule has 2 aromatic rings. The van der Waals surface area contributed by atoms with E-state index in [1.807, 2.05) is 68.4 Å². The molecule has 0 heterocycles. The topological polar surface area (TPSA) is 58.6 Å². The van der Waals surface area contributed by atoms with Gasteiger partial charge in [0.2, 0.25) is 0 Å². The van der Waals surface area contributed by atoms with Gasteiger partial charge in [-0.05, 0) is 30.0 Å². The zero-order valence-electron chi connectivity index (χ0n) is 13.5. The highest BCUT2D eigenvalue weighted by Crippen LogP contribution is 2.24. The summed E-state index contributed by atoms with van der Waals surface area (Å²) in [4.78, 5) is 12.0. The molecule has 0 radical (unpaired) electrons. The Labute approximate surface area is 137 Å². The maximum atomic E-state index is 12.0. The predicted molar refractivity (Wildman–Crippen MR) is 90.0 cm³/mol. The lowest BCUT2D eigenvalue weighted by molar-refractivity contribution is -0.000742. The number of ether oxygens (including phenoxy) is 1. The number of carbonyl (C=O) groups is 1.